The first-order valence-corrected chi connectivity index (χ1v) is 9.76. The molecule has 0 bridgehead atoms. The summed E-state index contributed by atoms with van der Waals surface area (Å²) in [6.07, 6.45) is 0.393. The Bertz CT molecular complexity index is 796. The second-order valence-electron chi connectivity index (χ2n) is 6.78. The van der Waals surface area contributed by atoms with E-state index >= 15 is 0 Å². The lowest BCUT2D eigenvalue weighted by molar-refractivity contribution is -0.141. The number of hydrogen-bond acceptors (Lipinski definition) is 7. The topological polar surface area (TPSA) is 155 Å². The molecule has 0 aromatic heterocycles. The Morgan fingerprint density at radius 1 is 0.968 bits per heavy atom. The maximum absolute atomic E-state index is 12.7. The monoisotopic (exact) mass is 432 g/mol. The van der Waals surface area contributed by atoms with Gasteiger partial charge >= 0.3 is 5.97 Å². The van der Waals surface area contributed by atoms with Crippen molar-refractivity contribution in [3.8, 4) is 0 Å². The molecule has 1 aromatic carbocycles. The SMILES string of the molecule is COC(=O)CC[C@H](NC(C)=O)C(=O)N[C@@H](CCC(=O)C=N)C(=O)NCc1ccccc1. The molecule has 3 amide bonds. The number of ketones is 1. The summed E-state index contributed by atoms with van der Waals surface area (Å²) in [5.41, 5.74) is 0.852. The van der Waals surface area contributed by atoms with Crippen LogP contribution in [-0.2, 0) is 35.3 Å². The minimum absolute atomic E-state index is 0.0180. The largest absolute Gasteiger partial charge is 0.469 e. The van der Waals surface area contributed by atoms with Crippen LogP contribution in [0, 0.1) is 5.41 Å². The van der Waals surface area contributed by atoms with Crippen LogP contribution in [-0.4, -0.2) is 54.9 Å². The van der Waals surface area contributed by atoms with Gasteiger partial charge < -0.3 is 26.1 Å². The van der Waals surface area contributed by atoms with Crippen LogP contribution >= 0.6 is 0 Å². The molecule has 1 rings (SSSR count). The maximum atomic E-state index is 12.7. The van der Waals surface area contributed by atoms with E-state index in [1.807, 2.05) is 30.3 Å². The van der Waals surface area contributed by atoms with Crippen LogP contribution in [0.4, 0.5) is 0 Å². The third-order valence-electron chi connectivity index (χ3n) is 4.34. The molecule has 10 nitrogen and oxygen atoms in total. The zero-order valence-electron chi connectivity index (χ0n) is 17.6. The molecular weight excluding hydrogens is 404 g/mol. The van der Waals surface area contributed by atoms with E-state index in [1.165, 1.54) is 14.0 Å². The van der Waals surface area contributed by atoms with E-state index < -0.39 is 41.6 Å². The van der Waals surface area contributed by atoms with Crippen LogP contribution in [0.1, 0.15) is 38.2 Å². The van der Waals surface area contributed by atoms with Crippen molar-refractivity contribution in [2.75, 3.05) is 7.11 Å². The fourth-order valence-electron chi connectivity index (χ4n) is 2.69. The smallest absolute Gasteiger partial charge is 0.305 e. The minimum atomic E-state index is -1.06. The van der Waals surface area contributed by atoms with E-state index in [1.54, 1.807) is 0 Å². The van der Waals surface area contributed by atoms with E-state index in [-0.39, 0.29) is 32.2 Å². The van der Waals surface area contributed by atoms with Gasteiger partial charge in [0.2, 0.25) is 17.7 Å². The molecule has 0 aliphatic carbocycles. The molecule has 10 heteroatoms. The van der Waals surface area contributed by atoms with Gasteiger partial charge in [-0.1, -0.05) is 30.3 Å². The van der Waals surface area contributed by atoms with Crippen LogP contribution in [0.25, 0.3) is 0 Å². The van der Waals surface area contributed by atoms with E-state index in [0.29, 0.717) is 6.21 Å². The molecule has 0 saturated heterocycles. The Kier molecular flexibility index (Phi) is 11.2. The average Bonchev–Trinajstić information content (AvgIpc) is 2.77. The van der Waals surface area contributed by atoms with Crippen LogP contribution in [0.3, 0.4) is 0 Å². The number of benzene rings is 1. The Balaban J connectivity index is 2.85. The fraction of sp³-hybridized carbons (Fsp3) is 0.429. The van der Waals surface area contributed by atoms with Gasteiger partial charge in [0.05, 0.1) is 13.3 Å². The summed E-state index contributed by atoms with van der Waals surface area (Å²) in [6.45, 7) is 1.45. The van der Waals surface area contributed by atoms with Crippen LogP contribution < -0.4 is 16.0 Å². The second kappa shape index (κ2) is 13.6. The number of ether oxygens (including phenoxy) is 1. The van der Waals surface area contributed by atoms with Crippen molar-refractivity contribution in [2.24, 2.45) is 0 Å². The highest BCUT2D eigenvalue weighted by atomic mass is 16.5. The Hall–Kier alpha value is -3.56. The molecule has 31 heavy (non-hydrogen) atoms. The van der Waals surface area contributed by atoms with Gasteiger partial charge in [0, 0.05) is 26.3 Å². The zero-order valence-corrected chi connectivity index (χ0v) is 17.6. The first-order valence-electron chi connectivity index (χ1n) is 9.76. The van der Waals surface area contributed by atoms with Gasteiger partial charge in [0.15, 0.2) is 5.78 Å². The molecule has 0 aliphatic heterocycles. The number of amides is 3. The zero-order chi connectivity index (χ0) is 23.2. The Labute approximate surface area is 180 Å². The van der Waals surface area contributed by atoms with Crippen molar-refractivity contribution in [3.63, 3.8) is 0 Å². The van der Waals surface area contributed by atoms with E-state index in [4.69, 9.17) is 5.41 Å². The highest BCUT2D eigenvalue weighted by Gasteiger charge is 2.27. The number of hydrogen-bond donors (Lipinski definition) is 4. The highest BCUT2D eigenvalue weighted by molar-refractivity contribution is 6.26. The molecule has 0 radical (unpaired) electrons. The lowest BCUT2D eigenvalue weighted by Crippen LogP contribution is -2.53. The molecule has 2 atom stereocenters. The number of carbonyl (C=O) groups excluding carboxylic acids is 5. The standard InChI is InChI=1S/C21H28N4O6/c1-14(26)24-18(10-11-19(28)31-2)21(30)25-17(9-8-16(27)12-22)20(29)23-13-15-6-4-3-5-7-15/h3-7,12,17-18,22H,8-11,13H2,1-2H3,(H,23,29)(H,24,26)(H,25,30)/t17-,18-/m0/s1. The first kappa shape index (κ1) is 25.5. The van der Waals surface area contributed by atoms with Crippen molar-refractivity contribution < 1.29 is 28.7 Å². The van der Waals surface area contributed by atoms with Gasteiger partial charge in [-0.2, -0.15) is 0 Å². The molecule has 168 valence electrons. The van der Waals surface area contributed by atoms with Gasteiger partial charge in [0.25, 0.3) is 0 Å². The van der Waals surface area contributed by atoms with Gasteiger partial charge in [0.1, 0.15) is 12.1 Å². The summed E-state index contributed by atoms with van der Waals surface area (Å²) in [6, 6.07) is 7.02. The van der Waals surface area contributed by atoms with E-state index in [9.17, 15) is 24.0 Å². The van der Waals surface area contributed by atoms with E-state index in [2.05, 4.69) is 20.7 Å². The molecule has 0 heterocycles. The van der Waals surface area contributed by atoms with Crippen LogP contribution in [0.5, 0.6) is 0 Å². The second-order valence-corrected chi connectivity index (χ2v) is 6.78. The lowest BCUT2D eigenvalue weighted by atomic mass is 10.1. The molecule has 0 spiro atoms. The summed E-state index contributed by atoms with van der Waals surface area (Å²) in [5, 5.41) is 14.7. The summed E-state index contributed by atoms with van der Waals surface area (Å²) < 4.78 is 4.55. The summed E-state index contributed by atoms with van der Waals surface area (Å²) >= 11 is 0. The van der Waals surface area contributed by atoms with Gasteiger partial charge in [-0.05, 0) is 18.4 Å². The van der Waals surface area contributed by atoms with Crippen molar-refractivity contribution in [1.29, 1.82) is 5.41 Å². The molecule has 4 N–H and O–H groups in total. The summed E-state index contributed by atoms with van der Waals surface area (Å²) in [7, 11) is 1.21. The molecule has 0 unspecified atom stereocenters. The summed E-state index contributed by atoms with van der Waals surface area (Å²) in [4.78, 5) is 59.7. The van der Waals surface area contributed by atoms with Gasteiger partial charge in [-0.3, -0.25) is 24.0 Å². The highest BCUT2D eigenvalue weighted by Crippen LogP contribution is 2.05. The number of rotatable bonds is 13. The first-order chi connectivity index (χ1) is 14.8. The predicted octanol–water partition coefficient (Wildman–Crippen LogP) is 0.244. The van der Waals surface area contributed by atoms with Crippen molar-refractivity contribution in [2.45, 2.75) is 51.2 Å². The Morgan fingerprint density at radius 3 is 2.16 bits per heavy atom. The number of Topliss-reactive ketones (excluding diaryl/α,β-unsaturated/α-hetero) is 1. The predicted molar refractivity (Wildman–Crippen MR) is 112 cm³/mol. The molecule has 1 aromatic rings. The van der Waals surface area contributed by atoms with Gasteiger partial charge in [-0.15, -0.1) is 0 Å². The normalized spacial score (nSPS) is 12.1. The number of esters is 1. The van der Waals surface area contributed by atoms with Crippen LogP contribution in [0.15, 0.2) is 30.3 Å². The quantitative estimate of drug-likeness (QED) is 0.259. The molecular formula is C21H28N4O6. The molecule has 0 saturated carbocycles. The van der Waals surface area contributed by atoms with Crippen molar-refractivity contribution >= 4 is 35.7 Å². The summed E-state index contributed by atoms with van der Waals surface area (Å²) in [5.74, 6) is -2.68. The fourth-order valence-corrected chi connectivity index (χ4v) is 2.69. The maximum Gasteiger partial charge on any atom is 0.305 e. The third-order valence-corrected chi connectivity index (χ3v) is 4.34. The van der Waals surface area contributed by atoms with Gasteiger partial charge in [-0.25, -0.2) is 0 Å². The number of methoxy groups -OCH3 is 1. The third kappa shape index (κ3) is 10.2. The van der Waals surface area contributed by atoms with E-state index in [0.717, 1.165) is 5.56 Å². The minimum Gasteiger partial charge on any atom is -0.469 e. The molecule has 0 aliphatic rings. The lowest BCUT2D eigenvalue weighted by Gasteiger charge is -2.22. The number of carbonyl (C=O) groups is 5. The average molecular weight is 432 g/mol. The van der Waals surface area contributed by atoms with Crippen molar-refractivity contribution in [3.05, 3.63) is 35.9 Å². The van der Waals surface area contributed by atoms with Crippen LogP contribution in [0.2, 0.25) is 0 Å². The van der Waals surface area contributed by atoms with Crippen molar-refractivity contribution in [1.82, 2.24) is 16.0 Å². The number of nitrogens with one attached hydrogen (secondary N) is 4. The Morgan fingerprint density at radius 2 is 1.58 bits per heavy atom. The molecule has 0 fully saturated rings.